The second kappa shape index (κ2) is 10.6. The first-order chi connectivity index (χ1) is 16.9. The number of nitrogens with zero attached hydrogens (tertiary/aromatic N) is 2. The van der Waals surface area contributed by atoms with E-state index in [4.69, 9.17) is 9.47 Å². The third-order valence-corrected chi connectivity index (χ3v) is 5.90. The van der Waals surface area contributed by atoms with E-state index in [2.05, 4.69) is 50.8 Å². The topological polar surface area (TPSA) is 128 Å². The van der Waals surface area contributed by atoms with E-state index < -0.39 is 22.0 Å². The number of H-pyrrole nitrogens is 1. The molecule has 1 aromatic heterocycles. The van der Waals surface area contributed by atoms with Crippen LogP contribution in [0.1, 0.15) is 23.9 Å². The van der Waals surface area contributed by atoms with Gasteiger partial charge in [-0.2, -0.15) is 4.98 Å². The van der Waals surface area contributed by atoms with Gasteiger partial charge < -0.3 is 19.6 Å². The van der Waals surface area contributed by atoms with E-state index >= 15 is 0 Å². The van der Waals surface area contributed by atoms with E-state index in [1.165, 1.54) is 6.08 Å². The molecule has 4 aromatic rings. The molecule has 0 saturated carbocycles. The van der Waals surface area contributed by atoms with Crippen molar-refractivity contribution in [2.75, 3.05) is 6.61 Å². The summed E-state index contributed by atoms with van der Waals surface area (Å²) in [5.74, 6) is 0.187. The summed E-state index contributed by atoms with van der Waals surface area (Å²) in [5, 5.41) is 22.8. The van der Waals surface area contributed by atoms with Crippen molar-refractivity contribution in [1.82, 2.24) is 9.97 Å². The largest absolute Gasteiger partial charge is 0.490 e. The number of benzene rings is 3. The molecule has 0 radical (unpaired) electrons. The highest BCUT2D eigenvalue weighted by molar-refractivity contribution is 14.1. The molecule has 0 amide bonds. The normalized spacial score (nSPS) is 11.1. The number of aromatic hydroxyl groups is 1. The molecular weight excluding hydrogens is 565 g/mol. The molecule has 3 aromatic carbocycles. The number of nitro groups is 1. The third-order valence-electron chi connectivity index (χ3n) is 5.09. The van der Waals surface area contributed by atoms with Gasteiger partial charge in [-0.3, -0.25) is 14.9 Å². The Bertz CT molecular complexity index is 1490. The molecule has 0 aliphatic carbocycles. The van der Waals surface area contributed by atoms with Gasteiger partial charge in [0.25, 0.3) is 5.88 Å². The fourth-order valence-electron chi connectivity index (χ4n) is 3.55. The van der Waals surface area contributed by atoms with E-state index in [9.17, 15) is 20.0 Å². The maximum absolute atomic E-state index is 11.9. The lowest BCUT2D eigenvalue weighted by atomic mass is 10.1. The van der Waals surface area contributed by atoms with E-state index in [0.29, 0.717) is 24.7 Å². The van der Waals surface area contributed by atoms with Crippen LogP contribution in [0.25, 0.3) is 22.9 Å². The van der Waals surface area contributed by atoms with E-state index in [1.807, 2.05) is 37.3 Å². The molecule has 0 aliphatic heterocycles. The smallest absolute Gasteiger partial charge is 0.395 e. The highest BCUT2D eigenvalue weighted by atomic mass is 127. The quantitative estimate of drug-likeness (QED) is 0.163. The number of hydrogen-bond donors (Lipinski definition) is 2. The number of halogens is 1. The Morgan fingerprint density at radius 1 is 1.14 bits per heavy atom. The molecule has 0 atom stereocenters. The van der Waals surface area contributed by atoms with Crippen molar-refractivity contribution in [3.8, 4) is 17.4 Å². The summed E-state index contributed by atoms with van der Waals surface area (Å²) in [5.41, 5.74) is -0.263. The predicted octanol–water partition coefficient (Wildman–Crippen LogP) is 5.29. The highest BCUT2D eigenvalue weighted by Gasteiger charge is 2.21. The first-order valence-corrected chi connectivity index (χ1v) is 11.7. The molecule has 0 saturated heterocycles. The summed E-state index contributed by atoms with van der Waals surface area (Å²) in [6.07, 6.45) is 3.07. The predicted molar refractivity (Wildman–Crippen MR) is 141 cm³/mol. The number of aromatic nitrogens is 2. The second-order valence-electron chi connectivity index (χ2n) is 7.40. The van der Waals surface area contributed by atoms with Gasteiger partial charge in [-0.05, 0) is 69.6 Å². The molecular formula is C25H20IN3O6. The average Bonchev–Trinajstić information content (AvgIpc) is 2.82. The lowest BCUT2D eigenvalue weighted by Gasteiger charge is -2.15. The van der Waals surface area contributed by atoms with Gasteiger partial charge >= 0.3 is 11.2 Å². The van der Waals surface area contributed by atoms with Crippen molar-refractivity contribution in [2.45, 2.75) is 13.5 Å². The number of ether oxygens (including phenoxy) is 2. The zero-order valence-electron chi connectivity index (χ0n) is 18.5. The molecule has 1 heterocycles. The maximum Gasteiger partial charge on any atom is 0.395 e. The van der Waals surface area contributed by atoms with Crippen molar-refractivity contribution >= 4 is 51.2 Å². The van der Waals surface area contributed by atoms with Crippen LogP contribution in [0.3, 0.4) is 0 Å². The van der Waals surface area contributed by atoms with Gasteiger partial charge in [0.05, 0.1) is 15.1 Å². The lowest BCUT2D eigenvalue weighted by molar-refractivity contribution is -0.387. The van der Waals surface area contributed by atoms with Crippen LogP contribution in [0.4, 0.5) is 5.69 Å². The molecule has 0 unspecified atom stereocenters. The van der Waals surface area contributed by atoms with Gasteiger partial charge in [0.15, 0.2) is 11.5 Å². The second-order valence-corrected chi connectivity index (χ2v) is 8.57. The van der Waals surface area contributed by atoms with Gasteiger partial charge in [0.2, 0.25) is 0 Å². The van der Waals surface area contributed by atoms with E-state index in [0.717, 1.165) is 25.5 Å². The third kappa shape index (κ3) is 5.43. The molecule has 178 valence electrons. The van der Waals surface area contributed by atoms with Gasteiger partial charge in [0, 0.05) is 0 Å². The fourth-order valence-corrected chi connectivity index (χ4v) is 4.33. The molecule has 2 N–H and O–H groups in total. The number of aromatic amines is 1. The standard InChI is InChI=1S/C25H20IN3O6/c1-2-34-20-13-15(10-11-21-27-24(30)22(29(32)33)25(31)28-21)12-19(26)23(20)35-14-17-8-5-7-16-6-3-4-9-18(16)17/h3-13H,2,14H2,1H3,(H2,27,28,30,31)/b11-10-. The molecule has 0 bridgehead atoms. The first kappa shape index (κ1) is 24.2. The first-order valence-electron chi connectivity index (χ1n) is 10.6. The maximum atomic E-state index is 11.9. The van der Waals surface area contributed by atoms with Crippen molar-refractivity contribution in [3.05, 3.63) is 95.6 Å². The Morgan fingerprint density at radius 3 is 2.66 bits per heavy atom. The van der Waals surface area contributed by atoms with Crippen molar-refractivity contribution < 1.29 is 19.5 Å². The highest BCUT2D eigenvalue weighted by Crippen LogP contribution is 2.36. The fraction of sp³-hybridized carbons (Fsp3) is 0.120. The summed E-state index contributed by atoms with van der Waals surface area (Å²) in [4.78, 5) is 27.7. The summed E-state index contributed by atoms with van der Waals surface area (Å²) < 4.78 is 12.8. The SMILES string of the molecule is CCOc1cc(/C=C\c2nc(O)c([N+](=O)[O-])c(=O)[nH]2)cc(I)c1OCc1cccc2ccccc12. The van der Waals surface area contributed by atoms with Crippen molar-refractivity contribution in [3.63, 3.8) is 0 Å². The minimum atomic E-state index is -1.04. The molecule has 4 rings (SSSR count). The van der Waals surface area contributed by atoms with Crippen molar-refractivity contribution in [1.29, 1.82) is 0 Å². The molecule has 35 heavy (non-hydrogen) atoms. The van der Waals surface area contributed by atoms with Crippen LogP contribution in [0.2, 0.25) is 0 Å². The molecule has 0 spiro atoms. The Balaban J connectivity index is 1.61. The van der Waals surface area contributed by atoms with Crippen LogP contribution >= 0.6 is 22.6 Å². The lowest BCUT2D eigenvalue weighted by Crippen LogP contribution is -2.14. The summed E-state index contributed by atoms with van der Waals surface area (Å²) in [6.45, 7) is 2.66. The number of rotatable bonds is 8. The monoisotopic (exact) mass is 585 g/mol. The van der Waals surface area contributed by atoms with Gasteiger partial charge in [-0.1, -0.05) is 48.5 Å². The summed E-state index contributed by atoms with van der Waals surface area (Å²) in [7, 11) is 0. The number of hydrogen-bond acceptors (Lipinski definition) is 7. The van der Waals surface area contributed by atoms with E-state index in [-0.39, 0.29) is 5.82 Å². The van der Waals surface area contributed by atoms with Crippen LogP contribution < -0.4 is 15.0 Å². The summed E-state index contributed by atoms with van der Waals surface area (Å²) in [6, 6.07) is 17.8. The van der Waals surface area contributed by atoms with Crippen LogP contribution in [0.15, 0.2) is 59.4 Å². The minimum absolute atomic E-state index is 0.0256. The van der Waals surface area contributed by atoms with Gasteiger partial charge in [-0.15, -0.1) is 0 Å². The number of fused-ring (bicyclic) bond motifs is 1. The zero-order chi connectivity index (χ0) is 24.9. The molecule has 9 nitrogen and oxygen atoms in total. The minimum Gasteiger partial charge on any atom is -0.490 e. The average molecular weight is 585 g/mol. The molecule has 0 aliphatic rings. The number of nitrogens with one attached hydrogen (secondary N) is 1. The molecule has 10 heteroatoms. The van der Waals surface area contributed by atoms with Crippen molar-refractivity contribution in [2.24, 2.45) is 0 Å². The van der Waals surface area contributed by atoms with E-state index in [1.54, 1.807) is 12.1 Å². The summed E-state index contributed by atoms with van der Waals surface area (Å²) >= 11 is 2.16. The Kier molecular flexibility index (Phi) is 7.30. The van der Waals surface area contributed by atoms with Crippen LogP contribution in [0, 0.1) is 13.7 Å². The van der Waals surface area contributed by atoms with Crippen LogP contribution in [0.5, 0.6) is 17.4 Å². The zero-order valence-corrected chi connectivity index (χ0v) is 20.7. The Labute approximate surface area is 213 Å². The van der Waals surface area contributed by atoms with Crippen LogP contribution in [-0.4, -0.2) is 26.6 Å². The Hall–Kier alpha value is -3.93. The Morgan fingerprint density at radius 2 is 1.91 bits per heavy atom. The van der Waals surface area contributed by atoms with Crippen LogP contribution in [-0.2, 0) is 6.61 Å². The molecule has 0 fully saturated rings. The van der Waals surface area contributed by atoms with Gasteiger partial charge in [-0.25, -0.2) is 0 Å². The van der Waals surface area contributed by atoms with Gasteiger partial charge in [0.1, 0.15) is 12.4 Å².